The molecule has 4 atom stereocenters. The molecular weight excluding hydrogens is 317 g/mol. The number of aliphatic hydroxyl groups is 2. The van der Waals surface area contributed by atoms with E-state index >= 15 is 0 Å². The summed E-state index contributed by atoms with van der Waals surface area (Å²) in [6.07, 6.45) is -4.74. The number of nitrogen functional groups attached to an aromatic ring is 1. The van der Waals surface area contributed by atoms with Crippen molar-refractivity contribution < 1.29 is 19.3 Å². The number of aromatic nitrogens is 2. The molecule has 0 aliphatic carbocycles. The van der Waals surface area contributed by atoms with Gasteiger partial charge in [-0.05, 0) is 13.0 Å². The lowest BCUT2D eigenvalue weighted by molar-refractivity contribution is -0.0743. The van der Waals surface area contributed by atoms with Gasteiger partial charge in [0, 0.05) is 11.1 Å². The maximum atomic E-state index is 12.5. The maximum absolute atomic E-state index is 12.5. The van der Waals surface area contributed by atoms with E-state index in [0.29, 0.717) is 5.69 Å². The first-order chi connectivity index (χ1) is 11.0. The second-order valence-corrected chi connectivity index (χ2v) is 5.58. The molecule has 4 radical (unpaired) electrons. The zero-order valence-corrected chi connectivity index (χ0v) is 12.8. The third kappa shape index (κ3) is 3.06. The van der Waals surface area contributed by atoms with Crippen molar-refractivity contribution in [3.63, 3.8) is 0 Å². The highest BCUT2D eigenvalue weighted by Gasteiger charge is 2.58. The molecule has 1 saturated heterocycles. The summed E-state index contributed by atoms with van der Waals surface area (Å²) in [5, 5.41) is 17.7. The summed E-state index contributed by atoms with van der Waals surface area (Å²) in [5.74, 6) is 4.36. The first-order valence-corrected chi connectivity index (χ1v) is 6.86. The van der Waals surface area contributed by atoms with Gasteiger partial charge in [0.1, 0.15) is 40.4 Å². The quantitative estimate of drug-likeness (QED) is 0.336. The molecule has 2 unspecified atom stereocenters. The Morgan fingerprint density at radius 3 is 2.75 bits per heavy atom. The van der Waals surface area contributed by atoms with Crippen molar-refractivity contribution in [2.24, 2.45) is 5.73 Å². The molecule has 2 rings (SSSR count). The largest absolute Gasteiger partial charge is 0.406 e. The van der Waals surface area contributed by atoms with E-state index in [1.165, 1.54) is 13.0 Å². The number of hydrogen-bond donors (Lipinski definition) is 4. The highest BCUT2D eigenvalue weighted by Crippen LogP contribution is 2.39. The van der Waals surface area contributed by atoms with Crippen molar-refractivity contribution in [3.8, 4) is 11.8 Å². The molecule has 1 aliphatic rings. The summed E-state index contributed by atoms with van der Waals surface area (Å²) >= 11 is 0. The SMILES string of the molecule is [B]C([B])(O)C1O[C@@H](n2c(C)cc(N)nc2=O)C(N)(C#CCF)[C@H]1O. The minimum Gasteiger partial charge on any atom is -0.406 e. The molecule has 0 aromatic carbocycles. The van der Waals surface area contributed by atoms with Gasteiger partial charge in [0.05, 0.1) is 0 Å². The summed E-state index contributed by atoms with van der Waals surface area (Å²) in [4.78, 5) is 15.7. The lowest BCUT2D eigenvalue weighted by Gasteiger charge is -2.30. The van der Waals surface area contributed by atoms with Crippen LogP contribution in [0.2, 0.25) is 0 Å². The molecule has 8 nitrogen and oxygen atoms in total. The molecule has 1 aromatic rings. The number of alkyl halides is 1. The average molecular weight is 332 g/mol. The van der Waals surface area contributed by atoms with Gasteiger partial charge < -0.3 is 26.4 Å². The summed E-state index contributed by atoms with van der Waals surface area (Å²) in [7, 11) is 10.7. The third-order valence-corrected chi connectivity index (χ3v) is 3.69. The summed E-state index contributed by atoms with van der Waals surface area (Å²) in [6.45, 7) is 0.467. The number of anilines is 1. The van der Waals surface area contributed by atoms with Crippen molar-refractivity contribution in [2.75, 3.05) is 12.4 Å². The van der Waals surface area contributed by atoms with E-state index in [4.69, 9.17) is 31.9 Å². The first-order valence-electron chi connectivity index (χ1n) is 6.86. The molecule has 0 amide bonds. The Hall–Kier alpha value is -1.86. The van der Waals surface area contributed by atoms with Crippen molar-refractivity contribution in [1.29, 1.82) is 0 Å². The molecule has 2 heterocycles. The van der Waals surface area contributed by atoms with Gasteiger partial charge in [-0.3, -0.25) is 4.57 Å². The maximum Gasteiger partial charge on any atom is 0.351 e. The highest BCUT2D eigenvalue weighted by atomic mass is 19.1. The second kappa shape index (κ2) is 6.22. The van der Waals surface area contributed by atoms with Crippen LogP contribution in [0.15, 0.2) is 10.9 Å². The number of rotatable bonds is 2. The van der Waals surface area contributed by atoms with E-state index < -0.39 is 41.7 Å². The minimum atomic E-state index is -2.48. The molecule has 1 aliphatic heterocycles. The van der Waals surface area contributed by atoms with Crippen LogP contribution in [0.3, 0.4) is 0 Å². The fourth-order valence-electron chi connectivity index (χ4n) is 2.60. The number of hydrogen-bond acceptors (Lipinski definition) is 7. The first kappa shape index (κ1) is 18.5. The third-order valence-electron chi connectivity index (χ3n) is 3.69. The molecule has 0 spiro atoms. The van der Waals surface area contributed by atoms with E-state index in [1.807, 2.05) is 0 Å². The number of ether oxygens (including phenoxy) is 1. The zero-order chi connectivity index (χ0) is 18.3. The Morgan fingerprint density at radius 2 is 2.25 bits per heavy atom. The van der Waals surface area contributed by atoms with E-state index in [-0.39, 0.29) is 5.82 Å². The minimum absolute atomic E-state index is 0.0320. The van der Waals surface area contributed by atoms with Crippen molar-refractivity contribution in [2.45, 2.75) is 36.3 Å². The van der Waals surface area contributed by atoms with Crippen molar-refractivity contribution in [1.82, 2.24) is 9.55 Å². The van der Waals surface area contributed by atoms with Crippen LogP contribution < -0.4 is 17.2 Å². The van der Waals surface area contributed by atoms with Crippen LogP contribution in [-0.2, 0) is 4.74 Å². The molecule has 6 N–H and O–H groups in total. The van der Waals surface area contributed by atoms with Crippen LogP contribution in [0.1, 0.15) is 11.9 Å². The Kier molecular flexibility index (Phi) is 4.79. The van der Waals surface area contributed by atoms with E-state index in [2.05, 4.69) is 16.8 Å². The van der Waals surface area contributed by atoms with Crippen molar-refractivity contribution >= 4 is 21.5 Å². The van der Waals surface area contributed by atoms with Gasteiger partial charge in [-0.25, -0.2) is 9.18 Å². The fraction of sp³-hybridized carbons (Fsp3) is 0.538. The fourth-order valence-corrected chi connectivity index (χ4v) is 2.60. The standard InChI is InChI=1S/C13H15B2FN4O4/c1-6-5-7(17)19-11(22)20(6)10-12(18,3-2-4-16)8(21)9(24-10)13(14,15)23/h5,8-10,21,23H,4,18H2,1H3,(H2,17,19,22)/t8-,9?,10+,12?/m0/s1. The number of halogens is 1. The number of nitrogens with two attached hydrogens (primary N) is 2. The zero-order valence-electron chi connectivity index (χ0n) is 12.8. The summed E-state index contributed by atoms with van der Waals surface area (Å²) in [6, 6.07) is 1.37. The van der Waals surface area contributed by atoms with Gasteiger partial charge in [-0.2, -0.15) is 4.98 Å². The molecular formula is C13H15B2FN4O4. The lowest BCUT2D eigenvalue weighted by Crippen LogP contribution is -2.58. The number of aryl methyl sites for hydroxylation is 1. The van der Waals surface area contributed by atoms with Crippen LogP contribution in [0.4, 0.5) is 10.2 Å². The van der Waals surface area contributed by atoms with Crippen LogP contribution in [0.25, 0.3) is 0 Å². The van der Waals surface area contributed by atoms with E-state index in [1.54, 1.807) is 0 Å². The predicted molar refractivity (Wildman–Crippen MR) is 84.7 cm³/mol. The molecule has 1 aromatic heterocycles. The van der Waals surface area contributed by atoms with Crippen LogP contribution in [0, 0.1) is 18.8 Å². The predicted octanol–water partition coefficient (Wildman–Crippen LogP) is -2.95. The smallest absolute Gasteiger partial charge is 0.351 e. The molecule has 0 bridgehead atoms. The summed E-state index contributed by atoms with van der Waals surface area (Å²) in [5.41, 5.74) is 9.05. The van der Waals surface area contributed by atoms with Crippen LogP contribution in [-0.4, -0.2) is 65.3 Å². The number of aliphatic hydroxyl groups excluding tert-OH is 1. The topological polar surface area (TPSA) is 137 Å². The van der Waals surface area contributed by atoms with E-state index in [0.717, 1.165) is 4.57 Å². The Balaban J connectivity index is 2.64. The van der Waals surface area contributed by atoms with Crippen LogP contribution >= 0.6 is 0 Å². The molecule has 0 saturated carbocycles. The van der Waals surface area contributed by atoms with Crippen LogP contribution in [0.5, 0.6) is 0 Å². The van der Waals surface area contributed by atoms with Crippen molar-refractivity contribution in [3.05, 3.63) is 22.2 Å². The van der Waals surface area contributed by atoms with Gasteiger partial charge >= 0.3 is 5.69 Å². The molecule has 24 heavy (non-hydrogen) atoms. The molecule has 124 valence electrons. The van der Waals surface area contributed by atoms with Gasteiger partial charge in [0.25, 0.3) is 0 Å². The molecule has 1 fully saturated rings. The highest BCUT2D eigenvalue weighted by molar-refractivity contribution is 6.39. The Bertz CT molecular complexity index is 757. The van der Waals surface area contributed by atoms with E-state index in [9.17, 15) is 19.4 Å². The lowest BCUT2D eigenvalue weighted by atomic mass is 9.60. The Morgan fingerprint density at radius 1 is 1.62 bits per heavy atom. The summed E-state index contributed by atoms with van der Waals surface area (Å²) < 4.78 is 18.9. The number of nitrogens with zero attached hydrogens (tertiary/aromatic N) is 2. The van der Waals surface area contributed by atoms with Gasteiger partial charge in [-0.15, -0.1) is 0 Å². The van der Waals surface area contributed by atoms with Gasteiger partial charge in [0.15, 0.2) is 11.8 Å². The van der Waals surface area contributed by atoms with Gasteiger partial charge in [-0.1, -0.05) is 11.8 Å². The Labute approximate surface area is 139 Å². The second-order valence-electron chi connectivity index (χ2n) is 5.58. The van der Waals surface area contributed by atoms with Gasteiger partial charge in [0.2, 0.25) is 0 Å². The normalized spacial score (nSPS) is 30.0. The monoisotopic (exact) mass is 332 g/mol. The molecule has 11 heteroatoms. The average Bonchev–Trinajstić information content (AvgIpc) is 2.69.